The number of likely N-dealkylation sites (N-methyl/N-ethyl adjacent to an activating group) is 2. The smallest absolute Gasteiger partial charge is 0.244 e. The average molecular weight is 302 g/mol. The van der Waals surface area contributed by atoms with Crippen molar-refractivity contribution in [1.29, 1.82) is 0 Å². The van der Waals surface area contributed by atoms with Crippen molar-refractivity contribution in [2.45, 2.75) is 18.4 Å². The molecular weight excluding hydrogens is 276 g/mol. The fourth-order valence-electron chi connectivity index (χ4n) is 1.79. The lowest BCUT2D eigenvalue weighted by Crippen LogP contribution is -2.33. The van der Waals surface area contributed by atoms with Crippen LogP contribution < -0.4 is 5.32 Å². The van der Waals surface area contributed by atoms with Crippen molar-refractivity contribution in [2.24, 2.45) is 7.05 Å². The van der Waals surface area contributed by atoms with Crippen molar-refractivity contribution in [3.63, 3.8) is 0 Å². The molecular formula is C13H26N4O2S. The Labute approximate surface area is 122 Å². The minimum atomic E-state index is -3.40. The second kappa shape index (κ2) is 7.21. The van der Waals surface area contributed by atoms with Crippen LogP contribution in [0.15, 0.2) is 17.2 Å². The van der Waals surface area contributed by atoms with Crippen LogP contribution in [0.25, 0.3) is 0 Å². The van der Waals surface area contributed by atoms with Gasteiger partial charge >= 0.3 is 0 Å². The molecule has 0 saturated carbocycles. The monoisotopic (exact) mass is 302 g/mol. The number of hydrogen-bond donors (Lipinski definition) is 1. The quantitative estimate of drug-likeness (QED) is 0.751. The van der Waals surface area contributed by atoms with Gasteiger partial charge in [-0.05, 0) is 26.7 Å². The Bertz CT molecular complexity index is 522. The van der Waals surface area contributed by atoms with Crippen LogP contribution >= 0.6 is 0 Å². The highest BCUT2D eigenvalue weighted by atomic mass is 32.2. The van der Waals surface area contributed by atoms with Gasteiger partial charge < -0.3 is 14.8 Å². The van der Waals surface area contributed by atoms with Gasteiger partial charge in [0.05, 0.1) is 0 Å². The van der Waals surface area contributed by atoms with E-state index in [1.54, 1.807) is 19.3 Å². The molecule has 0 spiro atoms. The molecule has 0 aliphatic rings. The van der Waals surface area contributed by atoms with Crippen LogP contribution in [0.5, 0.6) is 0 Å². The van der Waals surface area contributed by atoms with Gasteiger partial charge in [0.25, 0.3) is 0 Å². The Morgan fingerprint density at radius 1 is 1.25 bits per heavy atom. The van der Waals surface area contributed by atoms with E-state index in [1.165, 1.54) is 4.31 Å². The minimum absolute atomic E-state index is 0.356. The van der Waals surface area contributed by atoms with E-state index in [9.17, 15) is 8.42 Å². The lowest BCUT2D eigenvalue weighted by molar-refractivity contribution is 0.358. The third-order valence-corrected chi connectivity index (χ3v) is 5.03. The van der Waals surface area contributed by atoms with Crippen LogP contribution in [0.3, 0.4) is 0 Å². The summed E-state index contributed by atoms with van der Waals surface area (Å²) >= 11 is 0. The number of rotatable bonds is 8. The first kappa shape index (κ1) is 17.2. The number of aryl methyl sites for hydroxylation is 1. The fourth-order valence-corrected chi connectivity index (χ4v) is 3.05. The molecule has 1 aromatic heterocycles. The normalized spacial score (nSPS) is 12.6. The minimum Gasteiger partial charge on any atom is -0.352 e. The summed E-state index contributed by atoms with van der Waals surface area (Å²) in [5.41, 5.74) is 0.964. The zero-order valence-electron chi connectivity index (χ0n) is 13.0. The van der Waals surface area contributed by atoms with E-state index in [4.69, 9.17) is 0 Å². The zero-order chi connectivity index (χ0) is 15.3. The molecule has 0 aliphatic carbocycles. The number of aromatic nitrogens is 1. The maximum Gasteiger partial charge on any atom is 0.244 e. The predicted molar refractivity (Wildman–Crippen MR) is 81.2 cm³/mol. The number of nitrogens with zero attached hydrogens (tertiary/aromatic N) is 3. The van der Waals surface area contributed by atoms with Gasteiger partial charge in [0, 0.05) is 45.6 Å². The molecule has 1 heterocycles. The molecule has 0 fully saturated rings. The lowest BCUT2D eigenvalue weighted by Gasteiger charge is -2.18. The van der Waals surface area contributed by atoms with E-state index in [1.807, 2.05) is 37.5 Å². The summed E-state index contributed by atoms with van der Waals surface area (Å²) in [6, 6.07) is 1.74. The summed E-state index contributed by atoms with van der Waals surface area (Å²) < 4.78 is 28.2. The third kappa shape index (κ3) is 4.31. The standard InChI is InChI=1S/C13H26N4O2S/c1-6-14-10-12-9-13(11-16(12)4)20(18,19)17(5)8-7-15(2)3/h9,11,14H,6-8,10H2,1-5H3. The van der Waals surface area contributed by atoms with E-state index < -0.39 is 10.0 Å². The van der Waals surface area contributed by atoms with Crippen LogP contribution in [0.4, 0.5) is 0 Å². The predicted octanol–water partition coefficient (Wildman–Crippen LogP) is 0.317. The fraction of sp³-hybridized carbons (Fsp3) is 0.692. The van der Waals surface area contributed by atoms with Gasteiger partial charge in [-0.15, -0.1) is 0 Å². The highest BCUT2D eigenvalue weighted by Crippen LogP contribution is 2.17. The first-order valence-corrected chi connectivity index (χ1v) is 8.20. The molecule has 0 atom stereocenters. The topological polar surface area (TPSA) is 57.6 Å². The molecule has 0 aromatic carbocycles. The van der Waals surface area contributed by atoms with Crippen molar-refractivity contribution in [2.75, 3.05) is 40.8 Å². The van der Waals surface area contributed by atoms with E-state index in [0.717, 1.165) is 12.2 Å². The maximum absolute atomic E-state index is 12.5. The Balaban J connectivity index is 2.86. The van der Waals surface area contributed by atoms with Crippen LogP contribution in [0.2, 0.25) is 0 Å². The van der Waals surface area contributed by atoms with Crippen LogP contribution in [0, 0.1) is 0 Å². The van der Waals surface area contributed by atoms with Crippen LogP contribution in [-0.4, -0.2) is 63.0 Å². The van der Waals surface area contributed by atoms with Gasteiger partial charge in [0.15, 0.2) is 0 Å². The van der Waals surface area contributed by atoms with Crippen LogP contribution in [0.1, 0.15) is 12.6 Å². The van der Waals surface area contributed by atoms with Crippen molar-refractivity contribution in [1.82, 2.24) is 19.1 Å². The SMILES string of the molecule is CCNCc1cc(S(=O)(=O)N(C)CCN(C)C)cn1C. The molecule has 0 aliphatic heterocycles. The summed E-state index contributed by atoms with van der Waals surface area (Å²) in [7, 11) is 3.94. The van der Waals surface area contributed by atoms with Gasteiger partial charge in [-0.25, -0.2) is 8.42 Å². The molecule has 0 amide bonds. The van der Waals surface area contributed by atoms with E-state index >= 15 is 0 Å². The summed E-state index contributed by atoms with van der Waals surface area (Å²) in [6.45, 7) is 4.73. The highest BCUT2D eigenvalue weighted by molar-refractivity contribution is 7.89. The number of nitrogens with one attached hydrogen (secondary N) is 1. The van der Waals surface area contributed by atoms with Crippen LogP contribution in [-0.2, 0) is 23.6 Å². The molecule has 0 saturated heterocycles. The summed E-state index contributed by atoms with van der Waals surface area (Å²) in [4.78, 5) is 2.32. The highest BCUT2D eigenvalue weighted by Gasteiger charge is 2.22. The Kier molecular flexibility index (Phi) is 6.19. The largest absolute Gasteiger partial charge is 0.352 e. The average Bonchev–Trinajstić information content (AvgIpc) is 2.75. The Hall–Kier alpha value is -0.890. The third-order valence-electron chi connectivity index (χ3n) is 3.21. The van der Waals surface area contributed by atoms with Crippen molar-refractivity contribution in [3.05, 3.63) is 18.0 Å². The molecule has 1 rings (SSSR count). The van der Waals surface area contributed by atoms with Gasteiger partial charge in [-0.3, -0.25) is 0 Å². The molecule has 1 N–H and O–H groups in total. The van der Waals surface area contributed by atoms with Gasteiger partial charge in [-0.2, -0.15) is 4.31 Å². The molecule has 116 valence electrons. The number of hydrogen-bond acceptors (Lipinski definition) is 4. The summed E-state index contributed by atoms with van der Waals surface area (Å²) in [6.07, 6.45) is 1.67. The first-order chi connectivity index (χ1) is 9.28. The molecule has 20 heavy (non-hydrogen) atoms. The first-order valence-electron chi connectivity index (χ1n) is 6.76. The Morgan fingerprint density at radius 2 is 1.90 bits per heavy atom. The second-order valence-corrected chi connectivity index (χ2v) is 7.23. The van der Waals surface area contributed by atoms with E-state index in [-0.39, 0.29) is 0 Å². The lowest BCUT2D eigenvalue weighted by atomic mass is 10.4. The molecule has 0 bridgehead atoms. The van der Waals surface area contributed by atoms with Gasteiger partial charge in [-0.1, -0.05) is 6.92 Å². The summed E-state index contributed by atoms with van der Waals surface area (Å²) in [5.74, 6) is 0. The second-order valence-electron chi connectivity index (χ2n) is 5.19. The van der Waals surface area contributed by atoms with Crippen molar-refractivity contribution in [3.8, 4) is 0 Å². The van der Waals surface area contributed by atoms with Crippen molar-refractivity contribution < 1.29 is 8.42 Å². The van der Waals surface area contributed by atoms with E-state index in [0.29, 0.717) is 24.5 Å². The number of sulfonamides is 1. The molecule has 1 aromatic rings. The van der Waals surface area contributed by atoms with E-state index in [2.05, 4.69) is 5.32 Å². The molecule has 0 radical (unpaired) electrons. The zero-order valence-corrected chi connectivity index (χ0v) is 13.9. The molecule has 6 nitrogen and oxygen atoms in total. The molecule has 0 unspecified atom stereocenters. The van der Waals surface area contributed by atoms with Gasteiger partial charge in [0.1, 0.15) is 4.90 Å². The van der Waals surface area contributed by atoms with Gasteiger partial charge in [0.2, 0.25) is 10.0 Å². The molecule has 7 heteroatoms. The van der Waals surface area contributed by atoms with Crippen molar-refractivity contribution >= 4 is 10.0 Å². The maximum atomic E-state index is 12.5. The Morgan fingerprint density at radius 3 is 2.45 bits per heavy atom. The summed E-state index contributed by atoms with van der Waals surface area (Å²) in [5, 5.41) is 3.20.